The summed E-state index contributed by atoms with van der Waals surface area (Å²) < 4.78 is 77.6. The SMILES string of the molecule is Cc1cccc(C)c1NC(=O)c1cnc(Nc2ccc(N3CCN(C)CC3)c(F)c2)nc1Oc1cccc(OC(F)(F)C(F)F)c1. The van der Waals surface area contributed by atoms with Gasteiger partial charge in [-0.25, -0.2) is 9.37 Å². The Hall–Kier alpha value is -4.98. The van der Waals surface area contributed by atoms with E-state index in [2.05, 4.69) is 30.2 Å². The highest BCUT2D eigenvalue weighted by Crippen LogP contribution is 2.33. The van der Waals surface area contributed by atoms with E-state index in [4.69, 9.17) is 4.74 Å². The minimum absolute atomic E-state index is 0.0676. The first kappa shape index (κ1) is 32.4. The molecule has 2 heterocycles. The molecule has 0 bridgehead atoms. The molecule has 0 aliphatic carbocycles. The number of piperazine rings is 1. The second-order valence-corrected chi connectivity index (χ2v) is 10.8. The Kier molecular flexibility index (Phi) is 9.56. The summed E-state index contributed by atoms with van der Waals surface area (Å²) in [4.78, 5) is 26.1. The predicted octanol–water partition coefficient (Wildman–Crippen LogP) is 7.01. The Morgan fingerprint density at radius 1 is 0.957 bits per heavy atom. The number of hydrogen-bond acceptors (Lipinski definition) is 8. The third kappa shape index (κ3) is 7.62. The van der Waals surface area contributed by atoms with Crippen molar-refractivity contribution in [3.05, 3.63) is 89.4 Å². The number of alkyl halides is 4. The summed E-state index contributed by atoms with van der Waals surface area (Å²) in [5.74, 6) is -2.20. The minimum atomic E-state index is -4.74. The molecule has 4 aromatic rings. The monoisotopic (exact) mass is 642 g/mol. The highest BCUT2D eigenvalue weighted by atomic mass is 19.3. The number of nitrogens with zero attached hydrogens (tertiary/aromatic N) is 4. The van der Waals surface area contributed by atoms with E-state index >= 15 is 4.39 Å². The maximum atomic E-state index is 15.1. The number of carbonyl (C=O) groups is 1. The van der Waals surface area contributed by atoms with Crippen molar-refractivity contribution in [1.29, 1.82) is 0 Å². The van der Waals surface area contributed by atoms with Gasteiger partial charge in [0.25, 0.3) is 5.91 Å². The van der Waals surface area contributed by atoms with Gasteiger partial charge in [-0.15, -0.1) is 0 Å². The van der Waals surface area contributed by atoms with Gasteiger partial charge in [0.2, 0.25) is 11.8 Å². The lowest BCUT2D eigenvalue weighted by Gasteiger charge is -2.34. The molecule has 3 aromatic carbocycles. The van der Waals surface area contributed by atoms with E-state index < -0.39 is 30.0 Å². The van der Waals surface area contributed by atoms with E-state index in [9.17, 15) is 22.4 Å². The van der Waals surface area contributed by atoms with Crippen LogP contribution < -0.4 is 25.0 Å². The number of anilines is 4. The Balaban J connectivity index is 1.43. The molecule has 1 aliphatic heterocycles. The molecule has 1 saturated heterocycles. The van der Waals surface area contributed by atoms with Gasteiger partial charge in [-0.2, -0.15) is 22.5 Å². The standard InChI is InChI=1S/C32H31F5N6O3/c1-19-6-4-7-20(2)27(19)40-28(44)24-18-38-31(39-21-10-11-26(25(33)16-21)43-14-12-42(3)13-15-43)41-29(24)45-22-8-5-9-23(17-22)46-32(36,37)30(34)35/h4-11,16-18,30H,12-15H2,1-3H3,(H,40,44)(H,38,39,41). The van der Waals surface area contributed by atoms with E-state index in [1.165, 1.54) is 24.4 Å². The number of halogens is 5. The molecule has 0 spiro atoms. The maximum Gasteiger partial charge on any atom is 0.461 e. The summed E-state index contributed by atoms with van der Waals surface area (Å²) in [6.45, 7) is 6.62. The van der Waals surface area contributed by atoms with E-state index in [1.54, 1.807) is 12.1 Å². The van der Waals surface area contributed by atoms with Crippen molar-refractivity contribution in [1.82, 2.24) is 14.9 Å². The summed E-state index contributed by atoms with van der Waals surface area (Å²) in [6, 6.07) is 14.6. The summed E-state index contributed by atoms with van der Waals surface area (Å²) in [5, 5.41) is 5.70. The number of aromatic nitrogens is 2. The van der Waals surface area contributed by atoms with Crippen LogP contribution in [0, 0.1) is 19.7 Å². The summed E-state index contributed by atoms with van der Waals surface area (Å²) >= 11 is 0. The number of aryl methyl sites for hydroxylation is 2. The van der Waals surface area contributed by atoms with Crippen LogP contribution in [0.2, 0.25) is 0 Å². The molecule has 0 unspecified atom stereocenters. The molecule has 46 heavy (non-hydrogen) atoms. The molecular weight excluding hydrogens is 611 g/mol. The topological polar surface area (TPSA) is 91.9 Å². The number of benzene rings is 3. The number of likely N-dealkylation sites (N-methyl/N-ethyl adjacent to an activating group) is 1. The molecule has 242 valence electrons. The normalized spacial score (nSPS) is 13.9. The van der Waals surface area contributed by atoms with Gasteiger partial charge in [-0.1, -0.05) is 24.3 Å². The second kappa shape index (κ2) is 13.6. The van der Waals surface area contributed by atoms with Crippen LogP contribution in [0.1, 0.15) is 21.5 Å². The van der Waals surface area contributed by atoms with E-state index in [0.29, 0.717) is 30.2 Å². The largest absolute Gasteiger partial charge is 0.461 e. The molecule has 1 amide bonds. The number of hydrogen-bond donors (Lipinski definition) is 2. The molecule has 14 heteroatoms. The number of ether oxygens (including phenoxy) is 2. The fraction of sp³-hybridized carbons (Fsp3) is 0.281. The lowest BCUT2D eigenvalue weighted by atomic mass is 10.1. The van der Waals surface area contributed by atoms with Crippen LogP contribution >= 0.6 is 0 Å². The first-order valence-electron chi connectivity index (χ1n) is 14.3. The molecule has 1 aliphatic rings. The molecule has 1 aromatic heterocycles. The highest BCUT2D eigenvalue weighted by Gasteiger charge is 2.44. The van der Waals surface area contributed by atoms with Crippen molar-refractivity contribution in [3.8, 4) is 17.4 Å². The van der Waals surface area contributed by atoms with Gasteiger partial charge >= 0.3 is 12.5 Å². The third-order valence-electron chi connectivity index (χ3n) is 7.29. The minimum Gasteiger partial charge on any atom is -0.438 e. The van der Waals surface area contributed by atoms with Gasteiger partial charge < -0.3 is 29.9 Å². The van der Waals surface area contributed by atoms with Gasteiger partial charge in [-0.3, -0.25) is 4.79 Å². The summed E-state index contributed by atoms with van der Waals surface area (Å²) in [5.41, 5.74) is 2.79. The lowest BCUT2D eigenvalue weighted by molar-refractivity contribution is -0.253. The molecule has 5 rings (SSSR count). The fourth-order valence-electron chi connectivity index (χ4n) is 4.78. The molecule has 0 atom stereocenters. The van der Waals surface area contributed by atoms with E-state index in [0.717, 1.165) is 36.3 Å². The smallest absolute Gasteiger partial charge is 0.438 e. The summed E-state index contributed by atoms with van der Waals surface area (Å²) in [6.07, 6.45) is -7.61. The van der Waals surface area contributed by atoms with Gasteiger partial charge in [-0.05, 0) is 62.4 Å². The van der Waals surface area contributed by atoms with Gasteiger partial charge in [0, 0.05) is 49.8 Å². The number of nitrogens with one attached hydrogen (secondary N) is 2. The molecule has 0 radical (unpaired) electrons. The second-order valence-electron chi connectivity index (χ2n) is 10.8. The molecule has 0 saturated carbocycles. The Labute approximate surface area is 262 Å². The zero-order chi connectivity index (χ0) is 33.0. The predicted molar refractivity (Wildman–Crippen MR) is 163 cm³/mol. The molecule has 1 fully saturated rings. The van der Waals surface area contributed by atoms with Crippen molar-refractivity contribution in [2.45, 2.75) is 26.4 Å². The third-order valence-corrected chi connectivity index (χ3v) is 7.29. The zero-order valence-electron chi connectivity index (χ0n) is 25.2. The highest BCUT2D eigenvalue weighted by molar-refractivity contribution is 6.06. The van der Waals surface area contributed by atoms with Gasteiger partial charge in [0.05, 0.1) is 5.69 Å². The van der Waals surface area contributed by atoms with E-state index in [1.807, 2.05) is 44.0 Å². The van der Waals surface area contributed by atoms with Crippen LogP contribution in [0.5, 0.6) is 17.4 Å². The average molecular weight is 643 g/mol. The van der Waals surface area contributed by atoms with Crippen molar-refractivity contribution < 1.29 is 36.2 Å². The van der Waals surface area contributed by atoms with Crippen molar-refractivity contribution in [2.75, 3.05) is 48.8 Å². The van der Waals surface area contributed by atoms with E-state index in [-0.39, 0.29) is 23.1 Å². The fourth-order valence-corrected chi connectivity index (χ4v) is 4.78. The molecule has 2 N–H and O–H groups in total. The van der Waals surface area contributed by atoms with Crippen molar-refractivity contribution in [2.24, 2.45) is 0 Å². The maximum absolute atomic E-state index is 15.1. The molecule has 9 nitrogen and oxygen atoms in total. The number of amides is 1. The summed E-state index contributed by atoms with van der Waals surface area (Å²) in [7, 11) is 2.01. The van der Waals surface area contributed by atoms with Crippen LogP contribution in [-0.4, -0.2) is 66.5 Å². The van der Waals surface area contributed by atoms with Crippen LogP contribution in [-0.2, 0) is 0 Å². The number of rotatable bonds is 10. The van der Waals surface area contributed by atoms with Gasteiger partial charge in [0.1, 0.15) is 22.9 Å². The van der Waals surface area contributed by atoms with Gasteiger partial charge in [0.15, 0.2) is 0 Å². The quantitative estimate of drug-likeness (QED) is 0.179. The Bertz CT molecular complexity index is 1700. The number of carbonyl (C=O) groups excluding carboxylic acids is 1. The lowest BCUT2D eigenvalue weighted by Crippen LogP contribution is -2.44. The van der Waals surface area contributed by atoms with Crippen LogP contribution in [0.25, 0.3) is 0 Å². The van der Waals surface area contributed by atoms with Crippen molar-refractivity contribution >= 4 is 28.9 Å². The molecular formula is C32H31F5N6O3. The van der Waals surface area contributed by atoms with Crippen LogP contribution in [0.3, 0.4) is 0 Å². The first-order valence-corrected chi connectivity index (χ1v) is 14.3. The Morgan fingerprint density at radius 3 is 2.30 bits per heavy atom. The first-order chi connectivity index (χ1) is 21.9. The number of para-hydroxylation sites is 1. The average Bonchev–Trinajstić information content (AvgIpc) is 3.00. The van der Waals surface area contributed by atoms with Crippen LogP contribution in [0.4, 0.5) is 45.0 Å². The zero-order valence-corrected chi connectivity index (χ0v) is 25.2. The van der Waals surface area contributed by atoms with Crippen LogP contribution in [0.15, 0.2) is 66.9 Å². The Morgan fingerprint density at radius 2 is 1.63 bits per heavy atom. The van der Waals surface area contributed by atoms with Crippen molar-refractivity contribution in [3.63, 3.8) is 0 Å².